The van der Waals surface area contributed by atoms with Gasteiger partial charge in [-0.2, -0.15) is 0 Å². The van der Waals surface area contributed by atoms with E-state index in [1.54, 1.807) is 6.26 Å². The average molecular weight is 230 g/mol. The van der Waals surface area contributed by atoms with Crippen LogP contribution in [0.15, 0.2) is 47.1 Å². The third-order valence-electron chi connectivity index (χ3n) is 2.66. The Bertz CT molecular complexity index is 420. The van der Waals surface area contributed by atoms with Gasteiger partial charge in [0.25, 0.3) is 0 Å². The summed E-state index contributed by atoms with van der Waals surface area (Å²) in [6.07, 6.45) is 2.64. The zero-order valence-electron chi connectivity index (χ0n) is 9.86. The summed E-state index contributed by atoms with van der Waals surface area (Å²) in [5, 5.41) is 3.34. The molecule has 0 unspecified atom stereocenters. The second-order valence-electron chi connectivity index (χ2n) is 4.04. The maximum atomic E-state index is 5.51. The Morgan fingerprint density at radius 3 is 2.41 bits per heavy atom. The topological polar surface area (TPSA) is 51.2 Å². The summed E-state index contributed by atoms with van der Waals surface area (Å²) in [5.41, 5.74) is 8.08. The molecule has 1 heterocycles. The van der Waals surface area contributed by atoms with Crippen molar-refractivity contribution in [1.82, 2.24) is 5.32 Å². The standard InChI is InChI=1S/C14H18N2O/c15-8-7-12-3-5-13(6-4-12)10-16-11-14-2-1-9-17-14/h1-6,9,16H,7-8,10-11,15H2. The summed E-state index contributed by atoms with van der Waals surface area (Å²) in [5.74, 6) is 0.963. The highest BCUT2D eigenvalue weighted by Crippen LogP contribution is 2.05. The van der Waals surface area contributed by atoms with Gasteiger partial charge in [-0.25, -0.2) is 0 Å². The summed E-state index contributed by atoms with van der Waals surface area (Å²) >= 11 is 0. The number of hydrogen-bond acceptors (Lipinski definition) is 3. The van der Waals surface area contributed by atoms with Crippen LogP contribution in [0.4, 0.5) is 0 Å². The van der Waals surface area contributed by atoms with Crippen molar-refractivity contribution in [1.29, 1.82) is 0 Å². The molecule has 0 bridgehead atoms. The largest absolute Gasteiger partial charge is 0.468 e. The van der Waals surface area contributed by atoms with Crippen molar-refractivity contribution in [3.8, 4) is 0 Å². The smallest absolute Gasteiger partial charge is 0.117 e. The van der Waals surface area contributed by atoms with Crippen molar-refractivity contribution in [2.24, 2.45) is 5.73 Å². The van der Waals surface area contributed by atoms with Crippen LogP contribution in [0, 0.1) is 0 Å². The van der Waals surface area contributed by atoms with E-state index < -0.39 is 0 Å². The lowest BCUT2D eigenvalue weighted by molar-refractivity contribution is 0.483. The van der Waals surface area contributed by atoms with Crippen molar-refractivity contribution in [2.45, 2.75) is 19.5 Å². The fourth-order valence-corrected chi connectivity index (χ4v) is 1.73. The lowest BCUT2D eigenvalue weighted by atomic mass is 10.1. The van der Waals surface area contributed by atoms with Gasteiger partial charge in [-0.15, -0.1) is 0 Å². The van der Waals surface area contributed by atoms with Crippen LogP contribution >= 0.6 is 0 Å². The normalized spacial score (nSPS) is 10.6. The first-order chi connectivity index (χ1) is 8.38. The third kappa shape index (κ3) is 3.73. The van der Waals surface area contributed by atoms with Crippen LogP contribution < -0.4 is 11.1 Å². The zero-order chi connectivity index (χ0) is 11.9. The molecular formula is C14H18N2O. The molecule has 17 heavy (non-hydrogen) atoms. The summed E-state index contributed by atoms with van der Waals surface area (Å²) < 4.78 is 5.25. The second kappa shape index (κ2) is 6.23. The van der Waals surface area contributed by atoms with Crippen LogP contribution in [0.5, 0.6) is 0 Å². The Kier molecular flexibility index (Phi) is 4.36. The van der Waals surface area contributed by atoms with E-state index in [2.05, 4.69) is 29.6 Å². The van der Waals surface area contributed by atoms with E-state index in [1.165, 1.54) is 11.1 Å². The van der Waals surface area contributed by atoms with Gasteiger partial charge >= 0.3 is 0 Å². The number of furan rings is 1. The van der Waals surface area contributed by atoms with E-state index >= 15 is 0 Å². The van der Waals surface area contributed by atoms with E-state index in [4.69, 9.17) is 10.2 Å². The molecule has 0 atom stereocenters. The van der Waals surface area contributed by atoms with Gasteiger partial charge in [-0.05, 0) is 36.2 Å². The molecule has 2 aromatic rings. The molecule has 3 nitrogen and oxygen atoms in total. The zero-order valence-corrected chi connectivity index (χ0v) is 9.86. The number of benzene rings is 1. The Morgan fingerprint density at radius 1 is 1.00 bits per heavy atom. The lowest BCUT2D eigenvalue weighted by Gasteiger charge is -2.04. The molecule has 0 aliphatic carbocycles. The molecule has 0 fully saturated rings. The first kappa shape index (κ1) is 11.9. The average Bonchev–Trinajstić information content (AvgIpc) is 2.85. The van der Waals surface area contributed by atoms with E-state index in [1.807, 2.05) is 12.1 Å². The monoisotopic (exact) mass is 230 g/mol. The molecule has 0 aliphatic rings. The summed E-state index contributed by atoms with van der Waals surface area (Å²) in [7, 11) is 0. The predicted molar refractivity (Wildman–Crippen MR) is 68.5 cm³/mol. The molecular weight excluding hydrogens is 212 g/mol. The predicted octanol–water partition coefficient (Wildman–Crippen LogP) is 2.07. The van der Waals surface area contributed by atoms with Crippen LogP contribution in [-0.2, 0) is 19.5 Å². The summed E-state index contributed by atoms with van der Waals surface area (Å²) in [6.45, 7) is 2.32. The van der Waals surface area contributed by atoms with Gasteiger partial charge in [0.15, 0.2) is 0 Å². The minimum absolute atomic E-state index is 0.704. The fraction of sp³-hybridized carbons (Fsp3) is 0.286. The highest BCUT2D eigenvalue weighted by molar-refractivity contribution is 5.22. The van der Waals surface area contributed by atoms with Gasteiger partial charge in [0.2, 0.25) is 0 Å². The lowest BCUT2D eigenvalue weighted by Crippen LogP contribution is -2.12. The second-order valence-corrected chi connectivity index (χ2v) is 4.04. The first-order valence-electron chi connectivity index (χ1n) is 5.89. The first-order valence-corrected chi connectivity index (χ1v) is 5.89. The van der Waals surface area contributed by atoms with Crippen LogP contribution in [0.25, 0.3) is 0 Å². The van der Waals surface area contributed by atoms with Crippen LogP contribution in [0.2, 0.25) is 0 Å². The van der Waals surface area contributed by atoms with Gasteiger partial charge in [0.1, 0.15) is 5.76 Å². The third-order valence-corrected chi connectivity index (χ3v) is 2.66. The fourth-order valence-electron chi connectivity index (χ4n) is 1.73. The SMILES string of the molecule is NCCc1ccc(CNCc2ccco2)cc1. The Labute approximate surface area is 102 Å². The van der Waals surface area contributed by atoms with Crippen LogP contribution in [-0.4, -0.2) is 6.54 Å². The van der Waals surface area contributed by atoms with Gasteiger partial charge in [0, 0.05) is 6.54 Å². The van der Waals surface area contributed by atoms with Gasteiger partial charge in [-0.3, -0.25) is 0 Å². The molecule has 0 amide bonds. The molecule has 3 heteroatoms. The maximum Gasteiger partial charge on any atom is 0.117 e. The van der Waals surface area contributed by atoms with E-state index in [0.717, 1.165) is 25.3 Å². The molecule has 0 saturated heterocycles. The molecule has 0 saturated carbocycles. The molecule has 3 N–H and O–H groups in total. The molecule has 0 radical (unpaired) electrons. The quantitative estimate of drug-likeness (QED) is 0.798. The van der Waals surface area contributed by atoms with E-state index in [0.29, 0.717) is 6.54 Å². The number of hydrogen-bond donors (Lipinski definition) is 2. The van der Waals surface area contributed by atoms with Gasteiger partial charge in [0.05, 0.1) is 12.8 Å². The van der Waals surface area contributed by atoms with Crippen molar-refractivity contribution in [3.63, 3.8) is 0 Å². The number of rotatable bonds is 6. The van der Waals surface area contributed by atoms with Crippen molar-refractivity contribution < 1.29 is 4.42 Å². The van der Waals surface area contributed by atoms with Crippen molar-refractivity contribution in [2.75, 3.05) is 6.54 Å². The highest BCUT2D eigenvalue weighted by Gasteiger charge is 1.96. The van der Waals surface area contributed by atoms with E-state index in [-0.39, 0.29) is 0 Å². The van der Waals surface area contributed by atoms with E-state index in [9.17, 15) is 0 Å². The maximum absolute atomic E-state index is 5.51. The Hall–Kier alpha value is -1.58. The molecule has 1 aromatic carbocycles. The number of nitrogens with two attached hydrogens (primary N) is 1. The minimum Gasteiger partial charge on any atom is -0.468 e. The van der Waals surface area contributed by atoms with Gasteiger partial charge < -0.3 is 15.5 Å². The van der Waals surface area contributed by atoms with Crippen molar-refractivity contribution >= 4 is 0 Å². The van der Waals surface area contributed by atoms with Crippen LogP contribution in [0.3, 0.4) is 0 Å². The highest BCUT2D eigenvalue weighted by atomic mass is 16.3. The Balaban J connectivity index is 1.79. The molecule has 0 aliphatic heterocycles. The summed E-state index contributed by atoms with van der Waals surface area (Å²) in [6, 6.07) is 12.4. The van der Waals surface area contributed by atoms with Crippen molar-refractivity contribution in [3.05, 3.63) is 59.5 Å². The van der Waals surface area contributed by atoms with Crippen LogP contribution in [0.1, 0.15) is 16.9 Å². The minimum atomic E-state index is 0.704. The Morgan fingerprint density at radius 2 is 1.76 bits per heavy atom. The van der Waals surface area contributed by atoms with Gasteiger partial charge in [-0.1, -0.05) is 24.3 Å². The summed E-state index contributed by atoms with van der Waals surface area (Å²) in [4.78, 5) is 0. The molecule has 90 valence electrons. The molecule has 0 spiro atoms. The molecule has 1 aromatic heterocycles. The number of nitrogens with one attached hydrogen (secondary N) is 1. The molecule has 2 rings (SSSR count).